The van der Waals surface area contributed by atoms with Crippen LogP contribution in [-0.2, 0) is 17.1 Å². The van der Waals surface area contributed by atoms with Crippen molar-refractivity contribution in [3.05, 3.63) is 58.1 Å². The zero-order valence-electron chi connectivity index (χ0n) is 11.3. The molecule has 0 aliphatic carbocycles. The van der Waals surface area contributed by atoms with E-state index in [0.717, 1.165) is 22.3 Å². The summed E-state index contributed by atoms with van der Waals surface area (Å²) in [5.74, 6) is -0.502. The molecule has 1 aromatic heterocycles. The number of halogens is 2. The maximum Gasteiger partial charge on any atom is 0.285 e. The summed E-state index contributed by atoms with van der Waals surface area (Å²) in [6.45, 7) is 0. The van der Waals surface area contributed by atoms with E-state index in [2.05, 4.69) is 4.40 Å². The maximum absolute atomic E-state index is 12.9. The molecule has 0 bridgehead atoms. The van der Waals surface area contributed by atoms with E-state index >= 15 is 0 Å². The van der Waals surface area contributed by atoms with Crippen LogP contribution in [0.4, 0.5) is 4.39 Å². The van der Waals surface area contributed by atoms with Gasteiger partial charge in [-0.2, -0.15) is 8.42 Å². The second-order valence-corrected chi connectivity index (χ2v) is 7.57. The minimum Gasteiger partial charge on any atom is -0.318 e. The van der Waals surface area contributed by atoms with E-state index in [0.29, 0.717) is 9.82 Å². The molecule has 8 heteroatoms. The van der Waals surface area contributed by atoms with E-state index in [1.807, 2.05) is 6.07 Å². The van der Waals surface area contributed by atoms with Crippen LogP contribution >= 0.6 is 22.9 Å². The molecule has 0 atom stereocenters. The molecule has 0 saturated heterocycles. The fourth-order valence-corrected chi connectivity index (χ4v) is 4.64. The smallest absolute Gasteiger partial charge is 0.285 e. The number of aryl methyl sites for hydroxylation is 1. The lowest BCUT2D eigenvalue weighted by molar-refractivity contribution is 0.595. The van der Waals surface area contributed by atoms with Gasteiger partial charge in [-0.1, -0.05) is 29.0 Å². The molecule has 2 aromatic carbocycles. The largest absolute Gasteiger partial charge is 0.318 e. The SMILES string of the molecule is Cn1/c(=N/S(=O)(=O)c2ccc(F)cc2)sc2cccc(Cl)c21. The Bertz CT molecular complexity index is 1020. The lowest BCUT2D eigenvalue weighted by atomic mass is 10.3. The van der Waals surface area contributed by atoms with Crippen LogP contribution < -0.4 is 4.80 Å². The third-order valence-corrected chi connectivity index (χ3v) is 5.88. The summed E-state index contributed by atoms with van der Waals surface area (Å²) >= 11 is 7.36. The van der Waals surface area contributed by atoms with Gasteiger partial charge in [0.25, 0.3) is 10.0 Å². The first kappa shape index (κ1) is 15.2. The number of hydrogen-bond donors (Lipinski definition) is 0. The van der Waals surface area contributed by atoms with Crippen LogP contribution in [0.1, 0.15) is 0 Å². The van der Waals surface area contributed by atoms with E-state index in [1.54, 1.807) is 23.7 Å². The molecule has 3 rings (SSSR count). The average molecular weight is 357 g/mol. The van der Waals surface area contributed by atoms with Crippen molar-refractivity contribution in [1.82, 2.24) is 4.57 Å². The number of aromatic nitrogens is 1. The van der Waals surface area contributed by atoms with Gasteiger partial charge in [-0.3, -0.25) is 0 Å². The minimum atomic E-state index is -3.91. The monoisotopic (exact) mass is 356 g/mol. The van der Waals surface area contributed by atoms with E-state index in [4.69, 9.17) is 11.6 Å². The number of benzene rings is 2. The zero-order chi connectivity index (χ0) is 15.9. The van der Waals surface area contributed by atoms with Gasteiger partial charge in [0.2, 0.25) is 4.80 Å². The van der Waals surface area contributed by atoms with Crippen LogP contribution in [0, 0.1) is 5.82 Å². The Morgan fingerprint density at radius 1 is 1.18 bits per heavy atom. The standard InChI is InChI=1S/C14H10ClFN2O2S2/c1-18-13-11(15)3-2-4-12(13)21-14(18)17-22(19,20)10-7-5-9(16)6-8-10/h2-8H,1H3/b17-14-. The molecule has 0 amide bonds. The van der Waals surface area contributed by atoms with Gasteiger partial charge in [-0.05, 0) is 36.4 Å². The van der Waals surface area contributed by atoms with E-state index < -0.39 is 15.8 Å². The molecule has 0 aliphatic rings. The van der Waals surface area contributed by atoms with Crippen molar-refractivity contribution in [3.63, 3.8) is 0 Å². The highest BCUT2D eigenvalue weighted by atomic mass is 35.5. The summed E-state index contributed by atoms with van der Waals surface area (Å²) in [5, 5.41) is 0.525. The molecule has 0 fully saturated rings. The van der Waals surface area contributed by atoms with Gasteiger partial charge in [-0.25, -0.2) is 4.39 Å². The molecule has 0 saturated carbocycles. The predicted molar refractivity (Wildman–Crippen MR) is 85.0 cm³/mol. The highest BCUT2D eigenvalue weighted by molar-refractivity contribution is 7.90. The van der Waals surface area contributed by atoms with Crippen molar-refractivity contribution in [2.24, 2.45) is 11.4 Å². The molecule has 0 N–H and O–H groups in total. The molecule has 0 unspecified atom stereocenters. The summed E-state index contributed by atoms with van der Waals surface area (Å²) in [6, 6.07) is 9.92. The topological polar surface area (TPSA) is 51.4 Å². The van der Waals surface area contributed by atoms with Gasteiger partial charge >= 0.3 is 0 Å². The number of sulfonamides is 1. The van der Waals surface area contributed by atoms with Crippen molar-refractivity contribution in [2.45, 2.75) is 4.90 Å². The third kappa shape index (κ3) is 2.67. The molecule has 114 valence electrons. The Morgan fingerprint density at radius 3 is 2.50 bits per heavy atom. The average Bonchev–Trinajstić information content (AvgIpc) is 2.76. The minimum absolute atomic E-state index is 0.0579. The normalized spacial score (nSPS) is 13.0. The molecule has 0 aliphatic heterocycles. The van der Waals surface area contributed by atoms with E-state index in [-0.39, 0.29) is 4.90 Å². The molecular formula is C14H10ClFN2O2S2. The lowest BCUT2D eigenvalue weighted by Gasteiger charge is -1.99. The van der Waals surface area contributed by atoms with E-state index in [1.165, 1.54) is 23.5 Å². The number of fused-ring (bicyclic) bond motifs is 1. The second-order valence-electron chi connectivity index (χ2n) is 4.55. The highest BCUT2D eigenvalue weighted by Crippen LogP contribution is 2.24. The summed E-state index contributed by atoms with van der Waals surface area (Å²) in [6.07, 6.45) is 0. The summed E-state index contributed by atoms with van der Waals surface area (Å²) in [5.41, 5.74) is 0.724. The van der Waals surface area contributed by atoms with Gasteiger partial charge in [0, 0.05) is 7.05 Å². The molecule has 1 heterocycles. The lowest BCUT2D eigenvalue weighted by Crippen LogP contribution is -2.13. The Hall–Kier alpha value is -1.70. The van der Waals surface area contributed by atoms with Crippen molar-refractivity contribution in [1.29, 1.82) is 0 Å². The predicted octanol–water partition coefficient (Wildman–Crippen LogP) is 3.32. The first-order valence-corrected chi connectivity index (χ1v) is 8.82. The third-order valence-electron chi connectivity index (χ3n) is 3.08. The number of nitrogens with zero attached hydrogens (tertiary/aromatic N) is 2. The van der Waals surface area contributed by atoms with Gasteiger partial charge in [0.05, 0.1) is 20.1 Å². The Labute approximate surface area is 135 Å². The molecule has 22 heavy (non-hydrogen) atoms. The summed E-state index contributed by atoms with van der Waals surface area (Å²) in [7, 11) is -2.21. The first-order chi connectivity index (χ1) is 10.4. The Morgan fingerprint density at radius 2 is 1.86 bits per heavy atom. The van der Waals surface area contributed by atoms with Crippen LogP contribution in [0.25, 0.3) is 10.2 Å². The number of rotatable bonds is 2. The number of hydrogen-bond acceptors (Lipinski definition) is 3. The van der Waals surface area contributed by atoms with Gasteiger partial charge in [0.15, 0.2) is 0 Å². The second kappa shape index (κ2) is 5.49. The summed E-state index contributed by atoms with van der Waals surface area (Å²) < 4.78 is 43.8. The van der Waals surface area contributed by atoms with Crippen molar-refractivity contribution in [2.75, 3.05) is 0 Å². The van der Waals surface area contributed by atoms with Crippen molar-refractivity contribution in [3.8, 4) is 0 Å². The molecule has 0 radical (unpaired) electrons. The first-order valence-electron chi connectivity index (χ1n) is 6.19. The van der Waals surface area contributed by atoms with Gasteiger partial charge in [0.1, 0.15) is 5.82 Å². The quantitative estimate of drug-likeness (QED) is 0.707. The molecule has 3 aromatic rings. The molecule has 4 nitrogen and oxygen atoms in total. The molecule has 0 spiro atoms. The Kier molecular flexibility index (Phi) is 3.80. The molecular weight excluding hydrogens is 347 g/mol. The summed E-state index contributed by atoms with van der Waals surface area (Å²) in [4.78, 5) is 0.241. The fraction of sp³-hybridized carbons (Fsp3) is 0.0714. The maximum atomic E-state index is 12.9. The van der Waals surface area contributed by atoms with Crippen molar-refractivity contribution < 1.29 is 12.8 Å². The van der Waals surface area contributed by atoms with E-state index in [9.17, 15) is 12.8 Å². The van der Waals surface area contributed by atoms with Gasteiger partial charge in [-0.15, -0.1) is 4.40 Å². The van der Waals surface area contributed by atoms with Crippen LogP contribution in [0.3, 0.4) is 0 Å². The van der Waals surface area contributed by atoms with Crippen LogP contribution in [-0.4, -0.2) is 13.0 Å². The van der Waals surface area contributed by atoms with Crippen LogP contribution in [0.5, 0.6) is 0 Å². The Balaban J connectivity index is 2.22. The zero-order valence-corrected chi connectivity index (χ0v) is 13.7. The number of para-hydroxylation sites is 1. The van der Waals surface area contributed by atoms with Crippen molar-refractivity contribution >= 4 is 43.2 Å². The van der Waals surface area contributed by atoms with Gasteiger partial charge < -0.3 is 4.57 Å². The highest BCUT2D eigenvalue weighted by Gasteiger charge is 2.14. The fourth-order valence-electron chi connectivity index (χ4n) is 2.01. The van der Waals surface area contributed by atoms with Crippen LogP contribution in [0.15, 0.2) is 51.8 Å². The number of thiazole rings is 1. The van der Waals surface area contributed by atoms with Crippen LogP contribution in [0.2, 0.25) is 5.02 Å².